The first kappa shape index (κ1) is 20.7. The Hall–Kier alpha value is -3.55. The van der Waals surface area contributed by atoms with Crippen molar-refractivity contribution in [3.63, 3.8) is 0 Å². The van der Waals surface area contributed by atoms with E-state index in [0.717, 1.165) is 11.3 Å². The summed E-state index contributed by atoms with van der Waals surface area (Å²) in [5.41, 5.74) is 2.15. The lowest BCUT2D eigenvalue weighted by atomic mass is 9.95. The Morgan fingerprint density at radius 1 is 1.06 bits per heavy atom. The summed E-state index contributed by atoms with van der Waals surface area (Å²) >= 11 is 0. The van der Waals surface area contributed by atoms with Gasteiger partial charge in [0, 0.05) is 19.0 Å². The van der Waals surface area contributed by atoms with Gasteiger partial charge in [-0.25, -0.2) is 14.5 Å². The standard InChI is InChI=1S/C23H26N4O4/c1-15-7-9-17(10-8-15)27-21(24-25-23(27)29)16-11-13-26(14-12-16)22(28)18-5-4-6-19(30-2)20(18)31-3/h4-10,16H,11-14H2,1-3H3,(H,25,29). The van der Waals surface area contributed by atoms with Gasteiger partial charge < -0.3 is 14.4 Å². The van der Waals surface area contributed by atoms with Crippen molar-refractivity contribution < 1.29 is 14.3 Å². The zero-order valence-electron chi connectivity index (χ0n) is 17.9. The Labute approximate surface area is 180 Å². The van der Waals surface area contributed by atoms with E-state index >= 15 is 0 Å². The van der Waals surface area contributed by atoms with Crippen LogP contribution in [-0.2, 0) is 0 Å². The second-order valence-corrected chi connectivity index (χ2v) is 7.67. The highest BCUT2D eigenvalue weighted by Gasteiger charge is 2.30. The third-order valence-corrected chi connectivity index (χ3v) is 5.77. The summed E-state index contributed by atoms with van der Waals surface area (Å²) in [6.07, 6.45) is 1.43. The van der Waals surface area contributed by atoms with Crippen molar-refractivity contribution in [2.45, 2.75) is 25.7 Å². The number of nitrogens with zero attached hydrogens (tertiary/aromatic N) is 3. The van der Waals surface area contributed by atoms with Crippen molar-refractivity contribution in [2.24, 2.45) is 0 Å². The molecule has 0 unspecified atom stereocenters. The molecule has 1 saturated heterocycles. The van der Waals surface area contributed by atoms with E-state index in [0.29, 0.717) is 48.8 Å². The number of aromatic amines is 1. The van der Waals surface area contributed by atoms with Gasteiger partial charge in [-0.2, -0.15) is 5.10 Å². The van der Waals surface area contributed by atoms with Crippen molar-refractivity contribution in [3.8, 4) is 17.2 Å². The molecule has 4 rings (SSSR count). The number of rotatable bonds is 5. The van der Waals surface area contributed by atoms with E-state index in [2.05, 4.69) is 10.2 Å². The van der Waals surface area contributed by atoms with Gasteiger partial charge in [0.1, 0.15) is 5.82 Å². The van der Waals surface area contributed by atoms with Crippen LogP contribution in [0.25, 0.3) is 5.69 Å². The van der Waals surface area contributed by atoms with Crippen molar-refractivity contribution in [2.75, 3.05) is 27.3 Å². The van der Waals surface area contributed by atoms with Gasteiger partial charge >= 0.3 is 5.69 Å². The highest BCUT2D eigenvalue weighted by Crippen LogP contribution is 2.33. The van der Waals surface area contributed by atoms with Crippen LogP contribution < -0.4 is 15.2 Å². The van der Waals surface area contributed by atoms with Crippen LogP contribution in [0.4, 0.5) is 0 Å². The smallest absolute Gasteiger partial charge is 0.347 e. The van der Waals surface area contributed by atoms with Gasteiger partial charge in [0.25, 0.3) is 5.91 Å². The predicted octanol–water partition coefficient (Wildman–Crippen LogP) is 2.91. The number of H-pyrrole nitrogens is 1. The summed E-state index contributed by atoms with van der Waals surface area (Å²) < 4.78 is 12.4. The second-order valence-electron chi connectivity index (χ2n) is 7.67. The zero-order chi connectivity index (χ0) is 22.0. The SMILES string of the molecule is COc1cccc(C(=O)N2CCC(c3n[nH]c(=O)n3-c3ccc(C)cc3)CC2)c1OC. The molecule has 0 bridgehead atoms. The van der Waals surface area contributed by atoms with Crippen LogP contribution >= 0.6 is 0 Å². The number of nitrogens with one attached hydrogen (secondary N) is 1. The molecule has 1 aromatic heterocycles. The van der Waals surface area contributed by atoms with E-state index in [1.807, 2.05) is 36.1 Å². The number of amides is 1. The Morgan fingerprint density at radius 2 is 1.77 bits per heavy atom. The highest BCUT2D eigenvalue weighted by molar-refractivity contribution is 5.97. The van der Waals surface area contributed by atoms with E-state index in [-0.39, 0.29) is 17.5 Å². The summed E-state index contributed by atoms with van der Waals surface area (Å²) in [5, 5.41) is 6.88. The molecule has 8 nitrogen and oxygen atoms in total. The number of aromatic nitrogens is 3. The summed E-state index contributed by atoms with van der Waals surface area (Å²) in [7, 11) is 3.08. The summed E-state index contributed by atoms with van der Waals surface area (Å²) in [6, 6.07) is 13.1. The summed E-state index contributed by atoms with van der Waals surface area (Å²) in [6.45, 7) is 3.14. The first-order valence-electron chi connectivity index (χ1n) is 10.3. The molecule has 2 heterocycles. The molecule has 0 aliphatic carbocycles. The van der Waals surface area contributed by atoms with Crippen LogP contribution in [0.3, 0.4) is 0 Å². The molecule has 1 fully saturated rings. The molecular weight excluding hydrogens is 396 g/mol. The van der Waals surface area contributed by atoms with E-state index in [1.54, 1.807) is 29.9 Å². The molecule has 0 radical (unpaired) electrons. The molecule has 1 aliphatic rings. The minimum absolute atomic E-state index is 0.0801. The van der Waals surface area contributed by atoms with Crippen LogP contribution in [0.15, 0.2) is 47.3 Å². The Bertz CT molecular complexity index is 1130. The number of piperidine rings is 1. The Morgan fingerprint density at radius 3 is 2.42 bits per heavy atom. The number of aryl methyl sites for hydroxylation is 1. The summed E-state index contributed by atoms with van der Waals surface area (Å²) in [5.74, 6) is 1.67. The molecule has 162 valence electrons. The normalized spacial score (nSPS) is 14.5. The van der Waals surface area contributed by atoms with Crippen LogP contribution in [-0.4, -0.2) is 52.9 Å². The molecule has 3 aromatic rings. The molecule has 0 saturated carbocycles. The fraction of sp³-hybridized carbons (Fsp3) is 0.348. The van der Waals surface area contributed by atoms with E-state index < -0.39 is 0 Å². The number of benzene rings is 2. The van der Waals surface area contributed by atoms with E-state index in [1.165, 1.54) is 7.11 Å². The summed E-state index contributed by atoms with van der Waals surface area (Å²) in [4.78, 5) is 27.4. The first-order valence-corrected chi connectivity index (χ1v) is 10.3. The van der Waals surface area contributed by atoms with Gasteiger partial charge in [0.2, 0.25) is 0 Å². The number of hydrogen-bond acceptors (Lipinski definition) is 5. The maximum atomic E-state index is 13.1. The topological polar surface area (TPSA) is 89.5 Å². The molecule has 0 atom stereocenters. The lowest BCUT2D eigenvalue weighted by molar-refractivity contribution is 0.0706. The monoisotopic (exact) mass is 422 g/mol. The van der Waals surface area contributed by atoms with Crippen LogP contribution in [0.2, 0.25) is 0 Å². The predicted molar refractivity (Wildman–Crippen MR) is 116 cm³/mol. The van der Waals surface area contributed by atoms with Gasteiger partial charge in [-0.3, -0.25) is 4.79 Å². The molecule has 2 aromatic carbocycles. The first-order chi connectivity index (χ1) is 15.0. The molecule has 8 heteroatoms. The van der Waals surface area contributed by atoms with Gasteiger partial charge in [-0.05, 0) is 44.0 Å². The van der Waals surface area contributed by atoms with Crippen molar-refractivity contribution >= 4 is 5.91 Å². The number of carbonyl (C=O) groups is 1. The van der Waals surface area contributed by atoms with Crippen LogP contribution in [0.1, 0.15) is 40.5 Å². The molecular formula is C23H26N4O4. The fourth-order valence-corrected chi connectivity index (χ4v) is 4.09. The Kier molecular flexibility index (Phi) is 5.79. The molecule has 1 amide bonds. The number of ether oxygens (including phenoxy) is 2. The average molecular weight is 422 g/mol. The third-order valence-electron chi connectivity index (χ3n) is 5.77. The van der Waals surface area contributed by atoms with Crippen LogP contribution in [0.5, 0.6) is 11.5 Å². The molecule has 31 heavy (non-hydrogen) atoms. The number of hydrogen-bond donors (Lipinski definition) is 1. The number of carbonyl (C=O) groups excluding carboxylic acids is 1. The minimum atomic E-state index is -0.251. The van der Waals surface area contributed by atoms with Crippen LogP contribution in [0, 0.1) is 6.92 Å². The maximum Gasteiger partial charge on any atom is 0.347 e. The van der Waals surface area contributed by atoms with Crippen molar-refractivity contribution in [3.05, 3.63) is 69.9 Å². The third kappa shape index (κ3) is 3.93. The van der Waals surface area contributed by atoms with E-state index in [9.17, 15) is 9.59 Å². The quantitative estimate of drug-likeness (QED) is 0.683. The average Bonchev–Trinajstić information content (AvgIpc) is 3.19. The zero-order valence-corrected chi connectivity index (χ0v) is 17.9. The molecule has 1 N–H and O–H groups in total. The molecule has 0 spiro atoms. The lowest BCUT2D eigenvalue weighted by Gasteiger charge is -2.32. The maximum absolute atomic E-state index is 13.1. The lowest BCUT2D eigenvalue weighted by Crippen LogP contribution is -2.38. The van der Waals surface area contributed by atoms with Gasteiger partial charge in [-0.1, -0.05) is 23.8 Å². The number of methoxy groups -OCH3 is 2. The highest BCUT2D eigenvalue weighted by atomic mass is 16.5. The van der Waals surface area contributed by atoms with Gasteiger partial charge in [0.05, 0.1) is 25.5 Å². The fourth-order valence-electron chi connectivity index (χ4n) is 4.09. The second kappa shape index (κ2) is 8.67. The number of para-hydroxylation sites is 1. The largest absolute Gasteiger partial charge is 0.493 e. The van der Waals surface area contributed by atoms with Crippen molar-refractivity contribution in [1.29, 1.82) is 0 Å². The minimum Gasteiger partial charge on any atom is -0.493 e. The number of likely N-dealkylation sites (tertiary alicyclic amines) is 1. The van der Waals surface area contributed by atoms with Gasteiger partial charge in [0.15, 0.2) is 11.5 Å². The van der Waals surface area contributed by atoms with Crippen molar-refractivity contribution in [1.82, 2.24) is 19.7 Å². The Balaban J connectivity index is 1.52. The van der Waals surface area contributed by atoms with E-state index in [4.69, 9.17) is 9.47 Å². The van der Waals surface area contributed by atoms with Gasteiger partial charge in [-0.15, -0.1) is 0 Å². The molecule has 1 aliphatic heterocycles.